The first kappa shape index (κ1) is 22.0. The molecule has 2 aromatic carbocycles. The van der Waals surface area contributed by atoms with E-state index in [9.17, 15) is 9.90 Å². The number of nitrogens with zero attached hydrogens (tertiary/aromatic N) is 2. The van der Waals surface area contributed by atoms with E-state index >= 15 is 0 Å². The Labute approximate surface area is 192 Å². The average Bonchev–Trinajstić information content (AvgIpc) is 2.86. The predicted molar refractivity (Wildman–Crippen MR) is 127 cm³/mol. The fraction of sp³-hybridized carbons (Fsp3) is 0.115. The Balaban J connectivity index is 1.43. The van der Waals surface area contributed by atoms with Gasteiger partial charge in [0.05, 0.1) is 12.6 Å². The van der Waals surface area contributed by atoms with Gasteiger partial charge in [-0.3, -0.25) is 4.79 Å². The number of anilines is 2. The van der Waals surface area contributed by atoms with Gasteiger partial charge < -0.3 is 20.5 Å². The molecule has 166 valence electrons. The molecular formula is C26H24N4O3. The van der Waals surface area contributed by atoms with Gasteiger partial charge in [0, 0.05) is 18.1 Å². The van der Waals surface area contributed by atoms with Crippen LogP contribution < -0.4 is 15.4 Å². The van der Waals surface area contributed by atoms with Gasteiger partial charge in [0.1, 0.15) is 17.1 Å². The van der Waals surface area contributed by atoms with E-state index in [-0.39, 0.29) is 18.4 Å². The van der Waals surface area contributed by atoms with E-state index in [0.29, 0.717) is 17.7 Å². The largest absolute Gasteiger partial charge is 0.438 e. The third-order valence-electron chi connectivity index (χ3n) is 4.90. The zero-order valence-electron chi connectivity index (χ0n) is 17.9. The first-order valence-corrected chi connectivity index (χ1v) is 10.6. The Morgan fingerprint density at radius 3 is 2.36 bits per heavy atom. The molecule has 0 spiro atoms. The number of pyridine rings is 2. The maximum atomic E-state index is 12.9. The number of carbonyl (C=O) groups is 1. The average molecular weight is 441 g/mol. The van der Waals surface area contributed by atoms with Crippen molar-refractivity contribution in [1.82, 2.24) is 15.3 Å². The Hall–Kier alpha value is -4.23. The second-order valence-corrected chi connectivity index (χ2v) is 7.37. The van der Waals surface area contributed by atoms with Gasteiger partial charge in [-0.2, -0.15) is 0 Å². The number of aliphatic hydroxyl groups excluding tert-OH is 1. The van der Waals surface area contributed by atoms with Crippen molar-refractivity contribution in [3.8, 4) is 11.6 Å². The van der Waals surface area contributed by atoms with Crippen molar-refractivity contribution >= 4 is 17.4 Å². The number of benzene rings is 2. The van der Waals surface area contributed by atoms with Crippen molar-refractivity contribution in [1.29, 1.82) is 0 Å². The minimum atomic E-state index is -0.426. The molecule has 1 amide bonds. The van der Waals surface area contributed by atoms with Crippen LogP contribution in [0.2, 0.25) is 0 Å². The third-order valence-corrected chi connectivity index (χ3v) is 4.90. The van der Waals surface area contributed by atoms with Crippen LogP contribution in [-0.4, -0.2) is 33.6 Å². The topological polar surface area (TPSA) is 96.4 Å². The first-order chi connectivity index (χ1) is 16.2. The summed E-state index contributed by atoms with van der Waals surface area (Å²) in [5.74, 6) is 1.11. The lowest BCUT2D eigenvalue weighted by atomic mass is 10.1. The normalized spacial score (nSPS) is 11.4. The molecule has 3 N–H and O–H groups in total. The number of hydrogen-bond donors (Lipinski definition) is 3. The Bertz CT molecular complexity index is 1170. The molecule has 0 aliphatic carbocycles. The van der Waals surface area contributed by atoms with E-state index in [0.717, 1.165) is 17.1 Å². The maximum absolute atomic E-state index is 12.9. The molecule has 0 saturated heterocycles. The van der Waals surface area contributed by atoms with Gasteiger partial charge in [-0.15, -0.1) is 0 Å². The molecule has 0 aliphatic heterocycles. The molecule has 4 rings (SSSR count). The molecule has 7 heteroatoms. The Kier molecular flexibility index (Phi) is 7.25. The monoisotopic (exact) mass is 440 g/mol. The molecule has 0 unspecified atom stereocenters. The van der Waals surface area contributed by atoms with Crippen molar-refractivity contribution in [2.75, 3.05) is 11.9 Å². The van der Waals surface area contributed by atoms with E-state index < -0.39 is 6.04 Å². The highest BCUT2D eigenvalue weighted by Gasteiger charge is 2.18. The number of ether oxygens (including phenoxy) is 1. The summed E-state index contributed by atoms with van der Waals surface area (Å²) in [6.07, 6.45) is 3.80. The molecule has 2 heterocycles. The molecule has 0 fully saturated rings. The van der Waals surface area contributed by atoms with Gasteiger partial charge >= 0.3 is 0 Å². The first-order valence-electron chi connectivity index (χ1n) is 10.6. The molecule has 0 bridgehead atoms. The molecular weight excluding hydrogens is 416 g/mol. The number of aromatic nitrogens is 2. The summed E-state index contributed by atoms with van der Waals surface area (Å²) >= 11 is 0. The molecule has 0 radical (unpaired) electrons. The molecule has 7 nitrogen and oxygen atoms in total. The smallest absolute Gasteiger partial charge is 0.257 e. The highest BCUT2D eigenvalue weighted by atomic mass is 16.5. The van der Waals surface area contributed by atoms with Crippen molar-refractivity contribution in [2.24, 2.45) is 0 Å². The predicted octanol–water partition coefficient (Wildman–Crippen LogP) is 4.35. The summed E-state index contributed by atoms with van der Waals surface area (Å²) in [7, 11) is 0. The fourth-order valence-corrected chi connectivity index (χ4v) is 3.27. The van der Waals surface area contributed by atoms with Gasteiger partial charge in [-0.1, -0.05) is 36.4 Å². The van der Waals surface area contributed by atoms with Gasteiger partial charge in [0.15, 0.2) is 0 Å². The molecule has 0 saturated carbocycles. The molecule has 33 heavy (non-hydrogen) atoms. The highest BCUT2D eigenvalue weighted by Crippen LogP contribution is 2.25. The van der Waals surface area contributed by atoms with Crippen LogP contribution in [0.15, 0.2) is 97.3 Å². The zero-order valence-corrected chi connectivity index (χ0v) is 17.9. The Morgan fingerprint density at radius 1 is 0.879 bits per heavy atom. The van der Waals surface area contributed by atoms with Crippen molar-refractivity contribution in [2.45, 2.75) is 12.5 Å². The van der Waals surface area contributed by atoms with E-state index in [1.54, 1.807) is 36.7 Å². The number of aliphatic hydroxyl groups is 1. The third kappa shape index (κ3) is 6.15. The zero-order chi connectivity index (χ0) is 22.9. The summed E-state index contributed by atoms with van der Waals surface area (Å²) in [5.41, 5.74) is 2.17. The standard InChI is InChI=1S/C26H24N4O3/c31-18-21(17-19-7-2-1-3-8-19)30-25(32)23-9-6-16-28-26(23)33-22-13-11-20(12-14-22)29-24-10-4-5-15-27-24/h1-16,21,31H,17-18H2,(H,27,29)(H,30,32)/t21-/m1/s1. The minimum absolute atomic E-state index is 0.179. The summed E-state index contributed by atoms with van der Waals surface area (Å²) < 4.78 is 5.89. The summed E-state index contributed by atoms with van der Waals surface area (Å²) in [4.78, 5) is 21.4. The number of carbonyl (C=O) groups excluding carboxylic acids is 1. The van der Waals surface area contributed by atoms with Gasteiger partial charge in [0.25, 0.3) is 5.91 Å². The van der Waals surface area contributed by atoms with Gasteiger partial charge in [0.2, 0.25) is 5.88 Å². The quantitative estimate of drug-likeness (QED) is 0.358. The van der Waals surface area contributed by atoms with Crippen LogP contribution in [0.1, 0.15) is 15.9 Å². The van der Waals surface area contributed by atoms with E-state index in [1.807, 2.05) is 60.7 Å². The van der Waals surface area contributed by atoms with E-state index in [4.69, 9.17) is 4.74 Å². The second-order valence-electron chi connectivity index (χ2n) is 7.37. The summed E-state index contributed by atoms with van der Waals surface area (Å²) in [5, 5.41) is 15.8. The lowest BCUT2D eigenvalue weighted by Gasteiger charge is -2.17. The van der Waals surface area contributed by atoms with Crippen molar-refractivity contribution in [3.05, 3.63) is 108 Å². The molecule has 2 aromatic heterocycles. The lowest BCUT2D eigenvalue weighted by molar-refractivity contribution is 0.0913. The number of rotatable bonds is 9. The van der Waals surface area contributed by atoms with E-state index in [2.05, 4.69) is 20.6 Å². The summed E-state index contributed by atoms with van der Waals surface area (Å²) in [6, 6.07) is 25.5. The number of nitrogens with one attached hydrogen (secondary N) is 2. The minimum Gasteiger partial charge on any atom is -0.438 e. The van der Waals surface area contributed by atoms with Crippen LogP contribution in [0, 0.1) is 0 Å². The molecule has 4 aromatic rings. The van der Waals surface area contributed by atoms with Crippen LogP contribution >= 0.6 is 0 Å². The van der Waals surface area contributed by atoms with Crippen molar-refractivity contribution in [3.63, 3.8) is 0 Å². The van der Waals surface area contributed by atoms with Crippen LogP contribution in [0.3, 0.4) is 0 Å². The number of hydrogen-bond acceptors (Lipinski definition) is 6. The number of amides is 1. The maximum Gasteiger partial charge on any atom is 0.257 e. The fourth-order valence-electron chi connectivity index (χ4n) is 3.27. The van der Waals surface area contributed by atoms with Gasteiger partial charge in [-0.25, -0.2) is 9.97 Å². The van der Waals surface area contributed by atoms with Crippen LogP contribution in [0.5, 0.6) is 11.6 Å². The second kappa shape index (κ2) is 10.9. The summed E-state index contributed by atoms with van der Waals surface area (Å²) in [6.45, 7) is -0.179. The SMILES string of the molecule is O=C(N[C@@H](CO)Cc1ccccc1)c1cccnc1Oc1ccc(Nc2ccccn2)cc1. The van der Waals surface area contributed by atoms with Crippen molar-refractivity contribution < 1.29 is 14.6 Å². The molecule has 0 aliphatic rings. The highest BCUT2D eigenvalue weighted by molar-refractivity contribution is 5.96. The molecule has 1 atom stereocenters. The lowest BCUT2D eigenvalue weighted by Crippen LogP contribution is -2.39. The van der Waals surface area contributed by atoms with E-state index in [1.165, 1.54) is 0 Å². The van der Waals surface area contributed by atoms with Gasteiger partial charge in [-0.05, 0) is 60.5 Å². The Morgan fingerprint density at radius 2 is 1.64 bits per heavy atom. The van der Waals surface area contributed by atoms with Crippen LogP contribution in [0.25, 0.3) is 0 Å². The van der Waals surface area contributed by atoms with Crippen LogP contribution in [0.4, 0.5) is 11.5 Å². The van der Waals surface area contributed by atoms with Crippen LogP contribution in [-0.2, 0) is 6.42 Å².